The molecule has 0 aliphatic carbocycles. The fraction of sp³-hybridized carbons (Fsp3) is 0.400. The minimum absolute atomic E-state index is 0.0648. The Kier molecular flexibility index (Phi) is 8.00. The molecular weight excluding hydrogens is 347 g/mol. The normalized spacial score (nSPS) is 12.7. The smallest absolute Gasteiger partial charge is 0.191 e. The van der Waals surface area contributed by atoms with Gasteiger partial charge >= 0.3 is 0 Å². The number of hydrogen-bond donors (Lipinski definition) is 3. The van der Waals surface area contributed by atoms with Gasteiger partial charge in [0.05, 0.1) is 24.4 Å². The lowest BCUT2D eigenvalue weighted by Gasteiger charge is -2.17. The summed E-state index contributed by atoms with van der Waals surface area (Å²) in [4.78, 5) is 8.31. The summed E-state index contributed by atoms with van der Waals surface area (Å²) in [7, 11) is 0. The van der Waals surface area contributed by atoms with E-state index < -0.39 is 6.10 Å². The fourth-order valence-corrected chi connectivity index (χ4v) is 2.41. The van der Waals surface area contributed by atoms with Gasteiger partial charge in [-0.05, 0) is 50.6 Å². The Morgan fingerprint density at radius 3 is 2.78 bits per heavy atom. The first-order chi connectivity index (χ1) is 13.0. The highest BCUT2D eigenvalue weighted by molar-refractivity contribution is 5.79. The van der Waals surface area contributed by atoms with Gasteiger partial charge in [0.1, 0.15) is 11.6 Å². The third-order valence-electron chi connectivity index (χ3n) is 3.64. The third-order valence-corrected chi connectivity index (χ3v) is 3.64. The summed E-state index contributed by atoms with van der Waals surface area (Å²) in [5.74, 6) is 0.808. The SMILES string of the molecule is CCNC(=NCc1ncccc1F)NCC(O)c1cccc(OC(C)C)c1. The zero-order valence-corrected chi connectivity index (χ0v) is 15.9. The summed E-state index contributed by atoms with van der Waals surface area (Å²) < 4.78 is 19.3. The van der Waals surface area contributed by atoms with Crippen LogP contribution in [0.4, 0.5) is 4.39 Å². The monoisotopic (exact) mass is 374 g/mol. The molecule has 1 unspecified atom stereocenters. The van der Waals surface area contributed by atoms with E-state index in [-0.39, 0.29) is 30.7 Å². The van der Waals surface area contributed by atoms with Gasteiger partial charge in [-0.3, -0.25) is 4.98 Å². The molecule has 6 nitrogen and oxygen atoms in total. The molecule has 1 atom stereocenters. The molecular formula is C20H27FN4O2. The Hall–Kier alpha value is -2.67. The zero-order valence-electron chi connectivity index (χ0n) is 15.9. The fourth-order valence-electron chi connectivity index (χ4n) is 2.41. The molecule has 3 N–H and O–H groups in total. The molecule has 0 saturated carbocycles. The quantitative estimate of drug-likeness (QED) is 0.489. The molecule has 7 heteroatoms. The van der Waals surface area contributed by atoms with E-state index in [0.29, 0.717) is 18.3 Å². The molecule has 2 aromatic rings. The average Bonchev–Trinajstić information content (AvgIpc) is 2.64. The van der Waals surface area contributed by atoms with Gasteiger partial charge in [0.15, 0.2) is 5.96 Å². The van der Waals surface area contributed by atoms with Gasteiger partial charge in [0, 0.05) is 19.3 Å². The van der Waals surface area contributed by atoms with E-state index in [9.17, 15) is 9.50 Å². The van der Waals surface area contributed by atoms with Crippen LogP contribution in [0, 0.1) is 5.82 Å². The van der Waals surface area contributed by atoms with Crippen LogP contribution in [-0.2, 0) is 6.54 Å². The summed E-state index contributed by atoms with van der Waals surface area (Å²) in [5, 5.41) is 16.6. The maximum atomic E-state index is 13.7. The highest BCUT2D eigenvalue weighted by Crippen LogP contribution is 2.19. The van der Waals surface area contributed by atoms with Gasteiger partial charge in [-0.15, -0.1) is 0 Å². The van der Waals surface area contributed by atoms with Crippen molar-refractivity contribution in [2.24, 2.45) is 4.99 Å². The summed E-state index contributed by atoms with van der Waals surface area (Å²) in [6.07, 6.45) is 0.857. The van der Waals surface area contributed by atoms with Crippen LogP contribution >= 0.6 is 0 Å². The Balaban J connectivity index is 1.98. The number of aliphatic hydroxyl groups is 1. The number of pyridine rings is 1. The summed E-state index contributed by atoms with van der Waals surface area (Å²) in [5.41, 5.74) is 1.01. The van der Waals surface area contributed by atoms with E-state index in [4.69, 9.17) is 4.74 Å². The van der Waals surface area contributed by atoms with Gasteiger partial charge in [-0.25, -0.2) is 9.38 Å². The second kappa shape index (κ2) is 10.5. The van der Waals surface area contributed by atoms with E-state index in [1.54, 1.807) is 6.07 Å². The molecule has 0 amide bonds. The van der Waals surface area contributed by atoms with Crippen LogP contribution in [0.3, 0.4) is 0 Å². The first-order valence-electron chi connectivity index (χ1n) is 9.05. The van der Waals surface area contributed by atoms with E-state index in [1.165, 1.54) is 12.3 Å². The van der Waals surface area contributed by atoms with E-state index in [1.807, 2.05) is 45.0 Å². The van der Waals surface area contributed by atoms with E-state index >= 15 is 0 Å². The van der Waals surface area contributed by atoms with Crippen molar-refractivity contribution >= 4 is 5.96 Å². The molecule has 0 fully saturated rings. The number of nitrogens with zero attached hydrogens (tertiary/aromatic N) is 2. The minimum Gasteiger partial charge on any atom is -0.491 e. The van der Waals surface area contributed by atoms with Crippen LogP contribution in [0.25, 0.3) is 0 Å². The third kappa shape index (κ3) is 6.86. The summed E-state index contributed by atoms with van der Waals surface area (Å²) >= 11 is 0. The van der Waals surface area contributed by atoms with Crippen molar-refractivity contribution in [3.63, 3.8) is 0 Å². The van der Waals surface area contributed by atoms with Crippen LogP contribution in [0.15, 0.2) is 47.6 Å². The van der Waals surface area contributed by atoms with Crippen LogP contribution in [0.1, 0.15) is 38.1 Å². The predicted molar refractivity (Wildman–Crippen MR) is 104 cm³/mol. The van der Waals surface area contributed by atoms with Gasteiger partial charge in [0.2, 0.25) is 0 Å². The number of rotatable bonds is 8. The lowest BCUT2D eigenvalue weighted by molar-refractivity contribution is 0.179. The summed E-state index contributed by atoms with van der Waals surface area (Å²) in [6, 6.07) is 10.3. The molecule has 1 heterocycles. The molecule has 0 aliphatic rings. The number of nitrogens with one attached hydrogen (secondary N) is 2. The molecule has 1 aromatic carbocycles. The van der Waals surface area contributed by atoms with Gasteiger partial charge in [-0.2, -0.15) is 0 Å². The molecule has 0 spiro atoms. The van der Waals surface area contributed by atoms with E-state index in [0.717, 1.165) is 5.56 Å². The van der Waals surface area contributed by atoms with Crippen molar-refractivity contribution in [3.8, 4) is 5.75 Å². The Bertz CT molecular complexity index is 752. The molecule has 2 rings (SSSR count). The molecule has 0 saturated heterocycles. The molecule has 0 aliphatic heterocycles. The highest BCUT2D eigenvalue weighted by atomic mass is 19.1. The van der Waals surface area contributed by atoms with Gasteiger partial charge in [-0.1, -0.05) is 12.1 Å². The van der Waals surface area contributed by atoms with Gasteiger partial charge < -0.3 is 20.5 Å². The lowest BCUT2D eigenvalue weighted by Crippen LogP contribution is -2.39. The maximum absolute atomic E-state index is 13.7. The number of benzene rings is 1. The Morgan fingerprint density at radius 2 is 2.07 bits per heavy atom. The van der Waals surface area contributed by atoms with Crippen molar-refractivity contribution in [3.05, 3.63) is 59.7 Å². The van der Waals surface area contributed by atoms with Gasteiger partial charge in [0.25, 0.3) is 0 Å². The maximum Gasteiger partial charge on any atom is 0.191 e. The van der Waals surface area contributed by atoms with Crippen molar-refractivity contribution in [1.29, 1.82) is 0 Å². The Morgan fingerprint density at radius 1 is 1.26 bits per heavy atom. The van der Waals surface area contributed by atoms with Crippen LogP contribution in [0.2, 0.25) is 0 Å². The van der Waals surface area contributed by atoms with Crippen LogP contribution in [0.5, 0.6) is 5.75 Å². The second-order valence-electron chi connectivity index (χ2n) is 6.26. The van der Waals surface area contributed by atoms with Crippen molar-refractivity contribution in [2.45, 2.75) is 39.5 Å². The van der Waals surface area contributed by atoms with Crippen molar-refractivity contribution in [1.82, 2.24) is 15.6 Å². The molecule has 1 aromatic heterocycles. The van der Waals surface area contributed by atoms with Crippen molar-refractivity contribution in [2.75, 3.05) is 13.1 Å². The number of hydrogen-bond acceptors (Lipinski definition) is 4. The predicted octanol–water partition coefficient (Wildman–Crippen LogP) is 2.80. The minimum atomic E-state index is -0.740. The van der Waals surface area contributed by atoms with E-state index in [2.05, 4.69) is 20.6 Å². The standard InChI is InChI=1S/C20H27FN4O2/c1-4-22-20(24-12-18-17(21)9-6-10-23-18)25-13-19(26)15-7-5-8-16(11-15)27-14(2)3/h5-11,14,19,26H,4,12-13H2,1-3H3,(H2,22,24,25). The number of aliphatic imine (C=N–C) groups is 1. The molecule has 0 bridgehead atoms. The second-order valence-corrected chi connectivity index (χ2v) is 6.26. The highest BCUT2D eigenvalue weighted by Gasteiger charge is 2.10. The first-order valence-corrected chi connectivity index (χ1v) is 9.05. The van der Waals surface area contributed by atoms with Crippen LogP contribution < -0.4 is 15.4 Å². The number of aromatic nitrogens is 1. The lowest BCUT2D eigenvalue weighted by atomic mass is 10.1. The summed E-state index contributed by atoms with van der Waals surface area (Å²) in [6.45, 7) is 6.84. The average molecular weight is 374 g/mol. The zero-order chi connectivity index (χ0) is 19.6. The largest absolute Gasteiger partial charge is 0.491 e. The number of guanidine groups is 1. The van der Waals surface area contributed by atoms with Crippen LogP contribution in [-0.4, -0.2) is 35.2 Å². The Labute approximate surface area is 159 Å². The number of ether oxygens (including phenoxy) is 1. The number of aliphatic hydroxyl groups excluding tert-OH is 1. The van der Waals surface area contributed by atoms with Crippen molar-refractivity contribution < 1.29 is 14.2 Å². The molecule has 0 radical (unpaired) electrons. The first kappa shape index (κ1) is 20.6. The number of halogens is 1. The topological polar surface area (TPSA) is 78.8 Å². The molecule has 27 heavy (non-hydrogen) atoms. The molecule has 146 valence electrons.